The SMILES string of the molecule is O=C(O)COc1cccc2c1OCCN2CCN(C(=O)c1ccccc1)c1ccc(Cl)cc1Cl. The maximum absolute atomic E-state index is 13.4. The van der Waals surface area contributed by atoms with Gasteiger partial charge in [-0.15, -0.1) is 0 Å². The van der Waals surface area contributed by atoms with Crippen molar-refractivity contribution in [3.05, 3.63) is 82.3 Å². The summed E-state index contributed by atoms with van der Waals surface area (Å²) < 4.78 is 11.2. The third-order valence-corrected chi connectivity index (χ3v) is 5.86. The Balaban J connectivity index is 1.60. The zero-order chi connectivity index (χ0) is 24.1. The molecule has 0 radical (unpaired) electrons. The molecule has 0 aromatic heterocycles. The van der Waals surface area contributed by atoms with E-state index in [1.54, 1.807) is 47.4 Å². The summed E-state index contributed by atoms with van der Waals surface area (Å²) in [6, 6.07) is 19.4. The van der Waals surface area contributed by atoms with Crippen LogP contribution in [-0.4, -0.2) is 49.8 Å². The summed E-state index contributed by atoms with van der Waals surface area (Å²) in [4.78, 5) is 28.0. The normalized spacial score (nSPS) is 12.5. The van der Waals surface area contributed by atoms with Crippen LogP contribution in [0.15, 0.2) is 66.7 Å². The lowest BCUT2D eigenvalue weighted by atomic mass is 10.1. The molecule has 4 rings (SSSR count). The van der Waals surface area contributed by atoms with E-state index in [0.717, 1.165) is 5.69 Å². The molecule has 0 bridgehead atoms. The third-order valence-electron chi connectivity index (χ3n) is 5.32. The zero-order valence-corrected chi connectivity index (χ0v) is 19.6. The molecule has 0 spiro atoms. The fourth-order valence-corrected chi connectivity index (χ4v) is 4.26. The number of carbonyl (C=O) groups excluding carboxylic acids is 1. The molecule has 0 atom stereocenters. The number of hydrogen-bond acceptors (Lipinski definition) is 5. The number of anilines is 2. The predicted molar refractivity (Wildman–Crippen MR) is 132 cm³/mol. The fraction of sp³-hybridized carbons (Fsp3) is 0.200. The van der Waals surface area contributed by atoms with Gasteiger partial charge in [0.15, 0.2) is 18.1 Å². The number of carbonyl (C=O) groups is 2. The lowest BCUT2D eigenvalue weighted by molar-refractivity contribution is -0.139. The average Bonchev–Trinajstić information content (AvgIpc) is 2.84. The Labute approximate surface area is 207 Å². The molecule has 1 aliphatic rings. The topological polar surface area (TPSA) is 79.3 Å². The Kier molecular flexibility index (Phi) is 7.45. The van der Waals surface area contributed by atoms with Gasteiger partial charge in [0, 0.05) is 23.7 Å². The van der Waals surface area contributed by atoms with Crippen LogP contribution in [0.5, 0.6) is 11.5 Å². The van der Waals surface area contributed by atoms with Gasteiger partial charge in [0.1, 0.15) is 6.61 Å². The molecule has 3 aromatic carbocycles. The van der Waals surface area contributed by atoms with E-state index in [-0.39, 0.29) is 5.91 Å². The van der Waals surface area contributed by atoms with Crippen LogP contribution in [0.2, 0.25) is 10.0 Å². The molecule has 3 aromatic rings. The van der Waals surface area contributed by atoms with Crippen LogP contribution in [0.4, 0.5) is 11.4 Å². The van der Waals surface area contributed by atoms with Gasteiger partial charge < -0.3 is 24.4 Å². The number of ether oxygens (including phenoxy) is 2. The summed E-state index contributed by atoms with van der Waals surface area (Å²) in [5.41, 5.74) is 1.87. The maximum Gasteiger partial charge on any atom is 0.341 e. The zero-order valence-electron chi connectivity index (χ0n) is 18.1. The summed E-state index contributed by atoms with van der Waals surface area (Å²) in [6.07, 6.45) is 0. The van der Waals surface area contributed by atoms with Crippen LogP contribution in [0.25, 0.3) is 0 Å². The van der Waals surface area contributed by atoms with Crippen molar-refractivity contribution in [3.8, 4) is 11.5 Å². The molecule has 1 amide bonds. The first kappa shape index (κ1) is 23.7. The molecule has 0 unspecified atom stereocenters. The first-order valence-electron chi connectivity index (χ1n) is 10.6. The molecule has 0 aliphatic carbocycles. The molecule has 0 saturated heterocycles. The molecule has 0 saturated carbocycles. The lowest BCUT2D eigenvalue weighted by Crippen LogP contribution is -2.42. The predicted octanol–water partition coefficient (Wildman–Crippen LogP) is 5.00. The Morgan fingerprint density at radius 2 is 1.85 bits per heavy atom. The van der Waals surface area contributed by atoms with Gasteiger partial charge in [-0.05, 0) is 42.5 Å². The van der Waals surface area contributed by atoms with Crippen molar-refractivity contribution >= 4 is 46.5 Å². The minimum absolute atomic E-state index is 0.183. The number of amides is 1. The second-order valence-electron chi connectivity index (χ2n) is 7.54. The van der Waals surface area contributed by atoms with Crippen LogP contribution >= 0.6 is 23.2 Å². The van der Waals surface area contributed by atoms with E-state index in [0.29, 0.717) is 59.0 Å². The molecule has 1 heterocycles. The van der Waals surface area contributed by atoms with E-state index in [1.165, 1.54) is 0 Å². The summed E-state index contributed by atoms with van der Waals surface area (Å²) in [5.74, 6) is -0.403. The number of aliphatic carboxylic acids is 1. The monoisotopic (exact) mass is 500 g/mol. The number of carboxylic acid groups (broad SMARTS) is 1. The highest BCUT2D eigenvalue weighted by Gasteiger charge is 2.25. The number of rotatable bonds is 8. The molecular weight excluding hydrogens is 479 g/mol. The molecule has 9 heteroatoms. The fourth-order valence-electron chi connectivity index (χ4n) is 3.75. The Hall–Kier alpha value is -3.42. The molecule has 1 aliphatic heterocycles. The third kappa shape index (κ3) is 5.38. The van der Waals surface area contributed by atoms with Crippen molar-refractivity contribution in [1.29, 1.82) is 0 Å². The Morgan fingerprint density at radius 3 is 2.59 bits per heavy atom. The quantitative estimate of drug-likeness (QED) is 0.468. The second kappa shape index (κ2) is 10.7. The van der Waals surface area contributed by atoms with Crippen LogP contribution in [0.3, 0.4) is 0 Å². The standard InChI is InChI=1S/C25H22Cl2N2O5/c26-18-9-10-20(19(27)15-18)29(25(32)17-5-2-1-3-6-17)12-11-28-13-14-33-24-21(28)7-4-8-22(24)34-16-23(30)31/h1-10,15H,11-14,16H2,(H,30,31). The van der Waals surface area contributed by atoms with E-state index in [4.69, 9.17) is 37.8 Å². The van der Waals surface area contributed by atoms with Crippen molar-refractivity contribution in [2.24, 2.45) is 0 Å². The van der Waals surface area contributed by atoms with Crippen molar-refractivity contribution in [1.82, 2.24) is 0 Å². The summed E-state index contributed by atoms with van der Waals surface area (Å²) in [7, 11) is 0. The van der Waals surface area contributed by atoms with Gasteiger partial charge in [0.25, 0.3) is 5.91 Å². The number of hydrogen-bond donors (Lipinski definition) is 1. The number of fused-ring (bicyclic) bond motifs is 1. The molecule has 176 valence electrons. The number of nitrogens with zero attached hydrogens (tertiary/aromatic N) is 2. The second-order valence-corrected chi connectivity index (χ2v) is 8.38. The minimum atomic E-state index is -1.07. The van der Waals surface area contributed by atoms with Gasteiger partial charge in [-0.2, -0.15) is 0 Å². The van der Waals surface area contributed by atoms with Crippen LogP contribution in [0.1, 0.15) is 10.4 Å². The van der Waals surface area contributed by atoms with Crippen LogP contribution in [-0.2, 0) is 4.79 Å². The highest BCUT2D eigenvalue weighted by Crippen LogP contribution is 2.40. The van der Waals surface area contributed by atoms with Crippen LogP contribution in [0, 0.1) is 0 Å². The number of halogens is 2. The highest BCUT2D eigenvalue weighted by molar-refractivity contribution is 6.37. The van der Waals surface area contributed by atoms with E-state index in [2.05, 4.69) is 4.90 Å². The van der Waals surface area contributed by atoms with Gasteiger partial charge in [-0.1, -0.05) is 47.5 Å². The van der Waals surface area contributed by atoms with Crippen LogP contribution < -0.4 is 19.3 Å². The van der Waals surface area contributed by atoms with Gasteiger partial charge in [-0.3, -0.25) is 4.79 Å². The van der Waals surface area contributed by atoms with E-state index in [1.807, 2.05) is 24.3 Å². The largest absolute Gasteiger partial charge is 0.486 e. The van der Waals surface area contributed by atoms with Gasteiger partial charge in [0.05, 0.1) is 22.9 Å². The van der Waals surface area contributed by atoms with Crippen molar-refractivity contribution in [3.63, 3.8) is 0 Å². The van der Waals surface area contributed by atoms with E-state index >= 15 is 0 Å². The summed E-state index contributed by atoms with van der Waals surface area (Å²) in [6.45, 7) is 1.35. The van der Waals surface area contributed by atoms with E-state index in [9.17, 15) is 9.59 Å². The molecule has 1 N–H and O–H groups in total. The minimum Gasteiger partial charge on any atom is -0.486 e. The summed E-state index contributed by atoms with van der Waals surface area (Å²) >= 11 is 12.5. The Morgan fingerprint density at radius 1 is 1.06 bits per heavy atom. The van der Waals surface area contributed by atoms with Gasteiger partial charge in [-0.25, -0.2) is 4.79 Å². The van der Waals surface area contributed by atoms with Gasteiger partial charge in [0.2, 0.25) is 0 Å². The first-order chi connectivity index (χ1) is 16.4. The molecular formula is C25H22Cl2N2O5. The van der Waals surface area contributed by atoms with E-state index < -0.39 is 12.6 Å². The molecule has 34 heavy (non-hydrogen) atoms. The lowest BCUT2D eigenvalue weighted by Gasteiger charge is -2.34. The molecule has 0 fully saturated rings. The number of carboxylic acids is 1. The summed E-state index contributed by atoms with van der Waals surface area (Å²) in [5, 5.41) is 9.80. The van der Waals surface area contributed by atoms with Gasteiger partial charge >= 0.3 is 5.97 Å². The van der Waals surface area contributed by atoms with Crippen molar-refractivity contribution in [2.75, 3.05) is 42.6 Å². The average molecular weight is 501 g/mol. The maximum atomic E-state index is 13.4. The smallest absolute Gasteiger partial charge is 0.341 e. The Bertz CT molecular complexity index is 1190. The molecule has 7 nitrogen and oxygen atoms in total. The number of para-hydroxylation sites is 1. The first-order valence-corrected chi connectivity index (χ1v) is 11.4. The number of benzene rings is 3. The van der Waals surface area contributed by atoms with Crippen molar-refractivity contribution < 1.29 is 24.2 Å². The highest BCUT2D eigenvalue weighted by atomic mass is 35.5. The van der Waals surface area contributed by atoms with Crippen molar-refractivity contribution in [2.45, 2.75) is 0 Å².